The second kappa shape index (κ2) is 10.8. The lowest BCUT2D eigenvalue weighted by molar-refractivity contribution is 0.0976. The number of nitrogens with one attached hydrogen (secondary N) is 2. The van der Waals surface area contributed by atoms with Crippen molar-refractivity contribution in [2.24, 2.45) is 0 Å². The Kier molecular flexibility index (Phi) is 7.88. The van der Waals surface area contributed by atoms with Crippen LogP contribution in [0.3, 0.4) is 0 Å². The zero-order valence-electron chi connectivity index (χ0n) is 16.6. The average molecular weight is 443 g/mol. The summed E-state index contributed by atoms with van der Waals surface area (Å²) in [5, 5.41) is 6.55. The number of furan rings is 1. The van der Waals surface area contributed by atoms with Gasteiger partial charge in [0.2, 0.25) is 0 Å². The highest BCUT2D eigenvalue weighted by molar-refractivity contribution is 7.80. The van der Waals surface area contributed by atoms with Crippen LogP contribution in [0, 0.1) is 0 Å². The van der Waals surface area contributed by atoms with Gasteiger partial charge in [-0.1, -0.05) is 24.9 Å². The Balaban J connectivity index is 1.47. The molecule has 156 valence electrons. The molecule has 0 saturated heterocycles. The molecule has 1 heterocycles. The van der Waals surface area contributed by atoms with Crippen LogP contribution in [0.2, 0.25) is 5.02 Å². The summed E-state index contributed by atoms with van der Waals surface area (Å²) in [5.41, 5.74) is 1.44. The molecule has 0 aliphatic rings. The van der Waals surface area contributed by atoms with Gasteiger partial charge in [-0.2, -0.15) is 0 Å². The second-order valence-electron chi connectivity index (χ2n) is 6.64. The van der Waals surface area contributed by atoms with E-state index in [1.807, 2.05) is 36.4 Å². The van der Waals surface area contributed by atoms with Crippen molar-refractivity contribution in [3.8, 4) is 17.1 Å². The van der Waals surface area contributed by atoms with E-state index < -0.39 is 0 Å². The summed E-state index contributed by atoms with van der Waals surface area (Å²) in [6.45, 7) is 3.14. The van der Waals surface area contributed by atoms with Crippen molar-refractivity contribution in [3.63, 3.8) is 0 Å². The first kappa shape index (κ1) is 21.9. The molecular weight excluding hydrogens is 420 g/mol. The number of carbonyl (C=O) groups is 1. The highest BCUT2D eigenvalue weighted by Crippen LogP contribution is 2.23. The first-order valence-corrected chi connectivity index (χ1v) is 10.5. The number of carbonyl (C=O) groups excluding carboxylic acids is 1. The lowest BCUT2D eigenvalue weighted by Gasteiger charge is -2.09. The van der Waals surface area contributed by atoms with Gasteiger partial charge in [-0.05, 0) is 79.3 Å². The third-order valence-corrected chi connectivity index (χ3v) is 4.82. The standard InChI is InChI=1S/C23H23ClN2O3S/c1-2-3-14-28-19-10-6-17(7-11-19)22(27)26-23(30)25-15-20-12-13-21(29-20)16-4-8-18(24)9-5-16/h4-13H,2-3,14-15H2,1H3,(H2,25,26,27,30). The van der Waals surface area contributed by atoms with E-state index in [2.05, 4.69) is 17.6 Å². The van der Waals surface area contributed by atoms with E-state index in [1.54, 1.807) is 24.3 Å². The normalized spacial score (nSPS) is 10.5. The van der Waals surface area contributed by atoms with Crippen LogP contribution in [0.15, 0.2) is 65.1 Å². The van der Waals surface area contributed by atoms with Crippen molar-refractivity contribution >= 4 is 34.8 Å². The zero-order valence-corrected chi connectivity index (χ0v) is 18.2. The van der Waals surface area contributed by atoms with Crippen molar-refractivity contribution < 1.29 is 13.9 Å². The van der Waals surface area contributed by atoms with Crippen molar-refractivity contribution in [3.05, 3.63) is 77.0 Å². The van der Waals surface area contributed by atoms with Crippen molar-refractivity contribution in [1.29, 1.82) is 0 Å². The van der Waals surface area contributed by atoms with E-state index in [0.717, 1.165) is 29.9 Å². The Morgan fingerprint density at radius 3 is 2.50 bits per heavy atom. The van der Waals surface area contributed by atoms with E-state index in [1.165, 1.54) is 0 Å². The summed E-state index contributed by atoms with van der Waals surface area (Å²) in [6, 6.07) is 18.1. The zero-order chi connectivity index (χ0) is 21.3. The molecule has 1 aromatic heterocycles. The molecule has 5 nitrogen and oxygen atoms in total. The second-order valence-corrected chi connectivity index (χ2v) is 7.48. The summed E-state index contributed by atoms with van der Waals surface area (Å²) in [5.74, 6) is 1.90. The predicted octanol–water partition coefficient (Wildman–Crippen LogP) is 5.58. The number of rotatable bonds is 8. The van der Waals surface area contributed by atoms with Gasteiger partial charge in [0.1, 0.15) is 17.3 Å². The summed E-state index contributed by atoms with van der Waals surface area (Å²) in [7, 11) is 0. The monoisotopic (exact) mass is 442 g/mol. The molecule has 0 aliphatic carbocycles. The predicted molar refractivity (Wildman–Crippen MR) is 123 cm³/mol. The van der Waals surface area contributed by atoms with E-state index in [9.17, 15) is 4.79 Å². The number of benzene rings is 2. The molecule has 1 amide bonds. The Morgan fingerprint density at radius 2 is 1.80 bits per heavy atom. The smallest absolute Gasteiger partial charge is 0.257 e. The Bertz CT molecular complexity index is 984. The number of ether oxygens (including phenoxy) is 1. The maximum atomic E-state index is 12.3. The minimum atomic E-state index is -0.283. The van der Waals surface area contributed by atoms with Crippen LogP contribution < -0.4 is 15.4 Å². The van der Waals surface area contributed by atoms with Gasteiger partial charge in [0.25, 0.3) is 5.91 Å². The average Bonchev–Trinajstić information content (AvgIpc) is 3.22. The maximum absolute atomic E-state index is 12.3. The molecule has 2 N–H and O–H groups in total. The van der Waals surface area contributed by atoms with Crippen LogP contribution in [0.1, 0.15) is 35.9 Å². The third kappa shape index (κ3) is 6.34. The minimum Gasteiger partial charge on any atom is -0.494 e. The molecule has 0 saturated carbocycles. The van der Waals surface area contributed by atoms with E-state index in [0.29, 0.717) is 29.5 Å². The first-order chi connectivity index (χ1) is 14.5. The molecule has 30 heavy (non-hydrogen) atoms. The molecule has 0 aliphatic heterocycles. The van der Waals surface area contributed by atoms with Gasteiger partial charge < -0.3 is 14.5 Å². The van der Waals surface area contributed by atoms with Gasteiger partial charge in [-0.3, -0.25) is 10.1 Å². The molecule has 0 bridgehead atoms. The number of unbranched alkanes of at least 4 members (excludes halogenated alkanes) is 1. The number of amides is 1. The Hall–Kier alpha value is -2.83. The number of thiocarbonyl (C=S) groups is 1. The molecule has 0 unspecified atom stereocenters. The fourth-order valence-corrected chi connectivity index (χ4v) is 2.96. The SMILES string of the molecule is CCCCOc1ccc(C(=O)NC(=S)NCc2ccc(-c3ccc(Cl)cc3)o2)cc1. The minimum absolute atomic E-state index is 0.229. The highest BCUT2D eigenvalue weighted by atomic mass is 35.5. The number of hydrogen-bond donors (Lipinski definition) is 2. The summed E-state index contributed by atoms with van der Waals surface area (Å²) >= 11 is 11.1. The summed E-state index contributed by atoms with van der Waals surface area (Å²) in [4.78, 5) is 12.3. The van der Waals surface area contributed by atoms with Crippen LogP contribution in [0.5, 0.6) is 5.75 Å². The highest BCUT2D eigenvalue weighted by Gasteiger charge is 2.09. The summed E-state index contributed by atoms with van der Waals surface area (Å²) < 4.78 is 11.4. The molecule has 2 aromatic carbocycles. The van der Waals surface area contributed by atoms with Crippen molar-refractivity contribution in [2.75, 3.05) is 6.61 Å². The van der Waals surface area contributed by atoms with Crippen molar-refractivity contribution in [2.45, 2.75) is 26.3 Å². The van der Waals surface area contributed by atoms with E-state index in [-0.39, 0.29) is 11.0 Å². The lowest BCUT2D eigenvalue weighted by atomic mass is 10.2. The van der Waals surface area contributed by atoms with E-state index in [4.69, 9.17) is 33.0 Å². The molecule has 7 heteroatoms. The van der Waals surface area contributed by atoms with Gasteiger partial charge >= 0.3 is 0 Å². The molecule has 3 rings (SSSR count). The van der Waals surface area contributed by atoms with Gasteiger partial charge in [0, 0.05) is 16.1 Å². The molecular formula is C23H23ClN2O3S. The van der Waals surface area contributed by atoms with Gasteiger partial charge in [0.05, 0.1) is 13.2 Å². The fraction of sp³-hybridized carbons (Fsp3) is 0.217. The molecule has 3 aromatic rings. The quantitative estimate of drug-likeness (QED) is 0.352. The third-order valence-electron chi connectivity index (χ3n) is 4.32. The van der Waals surface area contributed by atoms with Crippen molar-refractivity contribution in [1.82, 2.24) is 10.6 Å². The summed E-state index contributed by atoms with van der Waals surface area (Å²) in [6.07, 6.45) is 2.07. The van der Waals surface area contributed by atoms with Gasteiger partial charge in [0.15, 0.2) is 5.11 Å². The van der Waals surface area contributed by atoms with Crippen LogP contribution >= 0.6 is 23.8 Å². The van der Waals surface area contributed by atoms with Crippen LogP contribution in [-0.4, -0.2) is 17.6 Å². The number of halogens is 1. The van der Waals surface area contributed by atoms with Crippen LogP contribution in [0.4, 0.5) is 0 Å². The topological polar surface area (TPSA) is 63.5 Å². The lowest BCUT2D eigenvalue weighted by Crippen LogP contribution is -2.38. The Labute approximate surface area is 186 Å². The van der Waals surface area contributed by atoms with Crippen LogP contribution in [-0.2, 0) is 6.54 Å². The van der Waals surface area contributed by atoms with Gasteiger partial charge in [-0.15, -0.1) is 0 Å². The maximum Gasteiger partial charge on any atom is 0.257 e. The van der Waals surface area contributed by atoms with Gasteiger partial charge in [-0.25, -0.2) is 0 Å². The van der Waals surface area contributed by atoms with Crippen LogP contribution in [0.25, 0.3) is 11.3 Å². The number of hydrogen-bond acceptors (Lipinski definition) is 4. The molecule has 0 radical (unpaired) electrons. The fourth-order valence-electron chi connectivity index (χ4n) is 2.67. The first-order valence-electron chi connectivity index (χ1n) is 9.72. The Morgan fingerprint density at radius 1 is 1.07 bits per heavy atom. The molecule has 0 atom stereocenters. The largest absolute Gasteiger partial charge is 0.494 e. The van der Waals surface area contributed by atoms with E-state index >= 15 is 0 Å². The molecule has 0 fully saturated rings. The molecule has 0 spiro atoms.